The average Bonchev–Trinajstić information content (AvgIpc) is 2.63. The number of allylic oxidation sites excluding steroid dienone is 2. The maximum atomic E-state index is 10.3. The van der Waals surface area contributed by atoms with E-state index in [1.54, 1.807) is 0 Å². The molecule has 0 spiro atoms. The lowest BCUT2D eigenvalue weighted by atomic mass is 10.1. The number of hydrogen-bond acceptors (Lipinski definition) is 3. The van der Waals surface area contributed by atoms with Gasteiger partial charge in [-0.05, 0) is 32.1 Å². The second-order valence-corrected chi connectivity index (χ2v) is 6.87. The van der Waals surface area contributed by atoms with Crippen LogP contribution in [-0.4, -0.2) is 22.9 Å². The van der Waals surface area contributed by atoms with Crippen LogP contribution in [0.15, 0.2) is 24.3 Å². The highest BCUT2D eigenvalue weighted by Crippen LogP contribution is 2.09. The number of amides is 2. The number of carbonyl (C=O) groups excluding carboxylic acids is 2. The van der Waals surface area contributed by atoms with Gasteiger partial charge in [0.05, 0.1) is 0 Å². The third-order valence-electron chi connectivity index (χ3n) is 4.06. The minimum Gasteiger partial charge on any atom is -0.481 e. The van der Waals surface area contributed by atoms with Crippen molar-refractivity contribution in [3.8, 4) is 0 Å². The highest BCUT2D eigenvalue weighted by Gasteiger charge is 1.95. The largest absolute Gasteiger partial charge is 0.481 e. The van der Waals surface area contributed by atoms with Crippen LogP contribution in [-0.2, 0) is 14.4 Å². The monoisotopic (exact) mass is 396 g/mol. The number of aliphatic carboxylic acids is 1. The van der Waals surface area contributed by atoms with Crippen molar-refractivity contribution in [1.82, 2.24) is 0 Å². The van der Waals surface area contributed by atoms with Crippen LogP contribution in [0.25, 0.3) is 0 Å². The average molecular weight is 397 g/mol. The molecule has 6 nitrogen and oxygen atoms in total. The fraction of sp³-hybridized carbons (Fsp3) is 0.682. The Morgan fingerprint density at radius 1 is 0.679 bits per heavy atom. The van der Waals surface area contributed by atoms with Gasteiger partial charge in [0.2, 0.25) is 11.8 Å². The normalized spacial score (nSPS) is 10.8. The van der Waals surface area contributed by atoms with Crippen molar-refractivity contribution >= 4 is 17.8 Å². The maximum Gasteiger partial charge on any atom is 0.303 e. The third kappa shape index (κ3) is 31.6. The lowest BCUT2D eigenvalue weighted by Gasteiger charge is -1.99. The standard InChI is InChI=1S/C18H34O2.C4H6N2O2/c1-2-3-4-5-6-7-8-9-10-11-12-13-14-15-16-17-18(19)20;5-3(7)1-2-4(6)8/h9-10H,2-8,11-17H2,1H3,(H,19,20);1-2H,(H2,5,7)(H2,6,8)/b10-9-;2-1-. The lowest BCUT2D eigenvalue weighted by Crippen LogP contribution is -2.10. The summed E-state index contributed by atoms with van der Waals surface area (Å²) in [5.74, 6) is -2.02. The molecule has 0 aliphatic rings. The summed E-state index contributed by atoms with van der Waals surface area (Å²) < 4.78 is 0. The molecular formula is C22H40N2O4. The Labute approximate surface area is 170 Å². The SMILES string of the molecule is CCCCCCCC/C=C\CCCCCCCC(=O)O.NC(=O)/C=C\C(N)=O. The second-order valence-electron chi connectivity index (χ2n) is 6.87. The number of carboxylic acids is 1. The Bertz CT molecular complexity index is 443. The van der Waals surface area contributed by atoms with E-state index in [0.29, 0.717) is 6.42 Å². The molecule has 0 aromatic carbocycles. The van der Waals surface area contributed by atoms with Gasteiger partial charge in [-0.25, -0.2) is 0 Å². The quantitative estimate of drug-likeness (QED) is 0.188. The molecule has 0 rings (SSSR count). The smallest absolute Gasteiger partial charge is 0.303 e. The van der Waals surface area contributed by atoms with Crippen LogP contribution in [0.1, 0.15) is 96.8 Å². The van der Waals surface area contributed by atoms with E-state index in [0.717, 1.165) is 25.0 Å². The second kappa shape index (κ2) is 22.9. The minimum absolute atomic E-state index is 0.332. The summed E-state index contributed by atoms with van der Waals surface area (Å²) in [7, 11) is 0. The molecule has 2 amide bonds. The number of nitrogens with two attached hydrogens (primary N) is 2. The van der Waals surface area contributed by atoms with Crippen molar-refractivity contribution in [3.05, 3.63) is 24.3 Å². The van der Waals surface area contributed by atoms with Crippen LogP contribution >= 0.6 is 0 Å². The lowest BCUT2D eigenvalue weighted by molar-refractivity contribution is -0.137. The molecule has 0 saturated carbocycles. The van der Waals surface area contributed by atoms with Crippen molar-refractivity contribution in [1.29, 1.82) is 0 Å². The fourth-order valence-corrected chi connectivity index (χ4v) is 2.51. The van der Waals surface area contributed by atoms with E-state index in [2.05, 4.69) is 30.5 Å². The fourth-order valence-electron chi connectivity index (χ4n) is 2.51. The van der Waals surface area contributed by atoms with Crippen molar-refractivity contribution in [2.75, 3.05) is 0 Å². The molecule has 0 heterocycles. The predicted octanol–water partition coefficient (Wildman–Crippen LogP) is 4.62. The van der Waals surface area contributed by atoms with Crippen LogP contribution < -0.4 is 11.5 Å². The molecule has 0 aliphatic heterocycles. The molecule has 28 heavy (non-hydrogen) atoms. The van der Waals surface area contributed by atoms with Gasteiger partial charge in [0.1, 0.15) is 0 Å². The summed E-state index contributed by atoms with van der Waals surface area (Å²) in [6.45, 7) is 2.26. The summed E-state index contributed by atoms with van der Waals surface area (Å²) in [5.41, 5.74) is 9.21. The summed E-state index contributed by atoms with van der Waals surface area (Å²) in [6.07, 6.45) is 23.0. The van der Waals surface area contributed by atoms with Crippen molar-refractivity contribution in [2.24, 2.45) is 11.5 Å². The van der Waals surface area contributed by atoms with Gasteiger partial charge in [-0.3, -0.25) is 14.4 Å². The number of primary amides is 2. The Morgan fingerprint density at radius 3 is 1.46 bits per heavy atom. The van der Waals surface area contributed by atoms with E-state index >= 15 is 0 Å². The van der Waals surface area contributed by atoms with E-state index in [4.69, 9.17) is 5.11 Å². The van der Waals surface area contributed by atoms with Crippen LogP contribution in [0.3, 0.4) is 0 Å². The zero-order chi connectivity index (χ0) is 21.5. The van der Waals surface area contributed by atoms with E-state index < -0.39 is 17.8 Å². The summed E-state index contributed by atoms with van der Waals surface area (Å²) in [6, 6.07) is 0. The first-order valence-corrected chi connectivity index (χ1v) is 10.5. The summed E-state index contributed by atoms with van der Waals surface area (Å²) in [5, 5.41) is 8.51. The number of carbonyl (C=O) groups is 3. The maximum absolute atomic E-state index is 10.3. The molecule has 5 N–H and O–H groups in total. The molecule has 0 unspecified atom stereocenters. The molecule has 0 radical (unpaired) electrons. The van der Waals surface area contributed by atoms with Crippen molar-refractivity contribution in [3.63, 3.8) is 0 Å². The van der Waals surface area contributed by atoms with E-state index in [1.165, 1.54) is 70.6 Å². The van der Waals surface area contributed by atoms with Gasteiger partial charge in [-0.1, -0.05) is 70.4 Å². The summed E-state index contributed by atoms with van der Waals surface area (Å²) >= 11 is 0. The minimum atomic E-state index is -0.677. The molecule has 0 aromatic heterocycles. The van der Waals surface area contributed by atoms with Crippen LogP contribution in [0.4, 0.5) is 0 Å². The predicted molar refractivity (Wildman–Crippen MR) is 115 cm³/mol. The van der Waals surface area contributed by atoms with E-state index in [1.807, 2.05) is 0 Å². The zero-order valence-corrected chi connectivity index (χ0v) is 17.5. The molecule has 0 atom stereocenters. The summed E-state index contributed by atoms with van der Waals surface area (Å²) in [4.78, 5) is 30.0. The van der Waals surface area contributed by atoms with Gasteiger partial charge in [0.25, 0.3) is 0 Å². The molecule has 0 saturated heterocycles. The van der Waals surface area contributed by atoms with Gasteiger partial charge in [0.15, 0.2) is 0 Å². The Kier molecular flexibility index (Phi) is 23.0. The first-order valence-electron chi connectivity index (χ1n) is 10.5. The molecule has 6 heteroatoms. The Balaban J connectivity index is 0. The van der Waals surface area contributed by atoms with Gasteiger partial charge in [-0.2, -0.15) is 0 Å². The Hall–Kier alpha value is -2.11. The van der Waals surface area contributed by atoms with E-state index in [9.17, 15) is 14.4 Å². The van der Waals surface area contributed by atoms with Crippen molar-refractivity contribution in [2.45, 2.75) is 96.8 Å². The number of unbranched alkanes of at least 4 members (excludes halogenated alkanes) is 11. The number of carboxylic acid groups (broad SMARTS) is 1. The first kappa shape index (κ1) is 28.1. The molecule has 0 aliphatic carbocycles. The van der Waals surface area contributed by atoms with Gasteiger partial charge >= 0.3 is 5.97 Å². The zero-order valence-electron chi connectivity index (χ0n) is 17.5. The van der Waals surface area contributed by atoms with Crippen LogP contribution in [0.5, 0.6) is 0 Å². The number of rotatable bonds is 17. The highest BCUT2D eigenvalue weighted by atomic mass is 16.4. The van der Waals surface area contributed by atoms with E-state index in [-0.39, 0.29) is 0 Å². The third-order valence-corrected chi connectivity index (χ3v) is 4.06. The van der Waals surface area contributed by atoms with Gasteiger partial charge in [0, 0.05) is 18.6 Å². The van der Waals surface area contributed by atoms with Gasteiger partial charge < -0.3 is 16.6 Å². The molecule has 0 fully saturated rings. The number of hydrogen-bond donors (Lipinski definition) is 3. The highest BCUT2D eigenvalue weighted by molar-refractivity contribution is 5.95. The van der Waals surface area contributed by atoms with Crippen molar-refractivity contribution < 1.29 is 19.5 Å². The molecular weight excluding hydrogens is 356 g/mol. The molecule has 0 bridgehead atoms. The molecule has 162 valence electrons. The first-order chi connectivity index (χ1) is 13.4. The van der Waals surface area contributed by atoms with Gasteiger partial charge in [-0.15, -0.1) is 0 Å². The molecule has 0 aromatic rings. The van der Waals surface area contributed by atoms with Crippen LogP contribution in [0.2, 0.25) is 0 Å². The Morgan fingerprint density at radius 2 is 1.07 bits per heavy atom. The van der Waals surface area contributed by atoms with Crippen LogP contribution in [0, 0.1) is 0 Å². The topological polar surface area (TPSA) is 123 Å².